The Morgan fingerprint density at radius 2 is 1.81 bits per heavy atom. The third-order valence-electron chi connectivity index (χ3n) is 6.56. The molecule has 1 aromatic rings. The summed E-state index contributed by atoms with van der Waals surface area (Å²) in [6.45, 7) is 8.71. The summed E-state index contributed by atoms with van der Waals surface area (Å²) >= 11 is -2.64. The Labute approximate surface area is 171 Å². The molecule has 1 aromatic carbocycles. The molecule has 0 heterocycles. The van der Waals surface area contributed by atoms with Crippen molar-refractivity contribution in [1.82, 2.24) is 0 Å². The fourth-order valence-electron chi connectivity index (χ4n) is 5.17. The summed E-state index contributed by atoms with van der Waals surface area (Å²) < 4.78 is 5.61. The van der Waals surface area contributed by atoms with Crippen molar-refractivity contribution in [3.8, 4) is 0 Å². The third kappa shape index (κ3) is 4.40. The molecule has 0 saturated carbocycles. The maximum atomic E-state index is 3.98. The van der Waals surface area contributed by atoms with Crippen LogP contribution in [0.4, 0.5) is 0 Å². The molecule has 0 aliphatic heterocycles. The van der Waals surface area contributed by atoms with Crippen LogP contribution >= 0.6 is 0 Å². The molecule has 1 atom stereocenters. The van der Waals surface area contributed by atoms with Crippen LogP contribution in [0.2, 0.25) is 8.26 Å². The summed E-state index contributed by atoms with van der Waals surface area (Å²) in [5.74, 6) is 0. The average molecular weight is 440 g/mol. The van der Waals surface area contributed by atoms with Crippen molar-refractivity contribution in [3.63, 3.8) is 0 Å². The molecule has 0 amide bonds. The molecule has 0 N–H and O–H groups in total. The molecule has 0 bridgehead atoms. The van der Waals surface area contributed by atoms with Gasteiger partial charge in [-0.25, -0.2) is 0 Å². The number of fused-ring (bicyclic) bond motifs is 1. The fourth-order valence-corrected chi connectivity index (χ4v) is 20.9. The summed E-state index contributed by atoms with van der Waals surface area (Å²) in [6, 6.07) is 9.20. The Bertz CT molecular complexity index is 726. The van der Waals surface area contributed by atoms with E-state index in [9.17, 15) is 0 Å². The fraction of sp³-hybridized carbons (Fsp3) is 0.462. The van der Waals surface area contributed by atoms with Crippen molar-refractivity contribution in [3.05, 3.63) is 75.1 Å². The van der Waals surface area contributed by atoms with E-state index in [1.54, 1.807) is 11.1 Å². The Kier molecular flexibility index (Phi) is 7.71. The van der Waals surface area contributed by atoms with Gasteiger partial charge in [0.15, 0.2) is 0 Å². The second kappa shape index (κ2) is 10.0. The Hall–Kier alpha value is -0.937. The van der Waals surface area contributed by atoms with Gasteiger partial charge in [0, 0.05) is 0 Å². The van der Waals surface area contributed by atoms with Crippen LogP contribution < -0.4 is 0 Å². The number of rotatable bonds is 11. The Morgan fingerprint density at radius 3 is 2.52 bits per heavy atom. The number of benzene rings is 1. The second-order valence-corrected chi connectivity index (χ2v) is 19.3. The molecule has 0 aromatic heterocycles. The van der Waals surface area contributed by atoms with Crippen molar-refractivity contribution >= 4 is 6.08 Å². The molecule has 2 aliphatic carbocycles. The Morgan fingerprint density at radius 1 is 1.07 bits per heavy atom. The van der Waals surface area contributed by atoms with Crippen LogP contribution in [-0.4, -0.2) is 0 Å². The number of hydrogen-bond acceptors (Lipinski definition) is 0. The predicted molar refractivity (Wildman–Crippen MR) is 118 cm³/mol. The van der Waals surface area contributed by atoms with E-state index in [-0.39, 0.29) is 0 Å². The molecule has 2 aliphatic rings. The molecule has 0 radical (unpaired) electrons. The molecule has 0 spiro atoms. The van der Waals surface area contributed by atoms with Crippen LogP contribution in [0.25, 0.3) is 6.08 Å². The van der Waals surface area contributed by atoms with Crippen LogP contribution in [0.15, 0.2) is 64.0 Å². The van der Waals surface area contributed by atoms with Gasteiger partial charge >= 0.3 is 172 Å². The summed E-state index contributed by atoms with van der Waals surface area (Å²) in [6.07, 6.45) is 21.2. The maximum absolute atomic E-state index is 3.98. The van der Waals surface area contributed by atoms with Gasteiger partial charge < -0.3 is 0 Å². The van der Waals surface area contributed by atoms with Crippen LogP contribution in [0, 0.1) is 0 Å². The standard InChI is InChI=1S/C9H7.C9H11.2C4H9.Zr/c1-2-5-9-7-3-6-8(9)4-1;1-2-3-6-9-7-4-5-8-9;2*1-3-4-2;/h1-7H;2,4-5H,1,3,6-7H2;2*1,3-4H2,2H3;. The van der Waals surface area contributed by atoms with Gasteiger partial charge in [0.2, 0.25) is 0 Å². The molecule has 0 fully saturated rings. The molecule has 144 valence electrons. The quantitative estimate of drug-likeness (QED) is 0.303. The van der Waals surface area contributed by atoms with E-state index in [1.165, 1.54) is 52.3 Å². The molecule has 1 unspecified atom stereocenters. The average Bonchev–Trinajstić information content (AvgIpc) is 3.35. The van der Waals surface area contributed by atoms with E-state index in [0.717, 1.165) is 10.0 Å². The van der Waals surface area contributed by atoms with Crippen LogP contribution in [0.1, 0.15) is 73.5 Å². The van der Waals surface area contributed by atoms with Crippen molar-refractivity contribution in [2.45, 2.75) is 70.7 Å². The van der Waals surface area contributed by atoms with Crippen molar-refractivity contribution in [1.29, 1.82) is 0 Å². The van der Waals surface area contributed by atoms with E-state index in [1.807, 2.05) is 3.28 Å². The summed E-state index contributed by atoms with van der Waals surface area (Å²) in [5.41, 5.74) is 4.87. The molecule has 3 rings (SSSR count). The zero-order valence-corrected chi connectivity index (χ0v) is 19.8. The normalized spacial score (nSPS) is 18.4. The van der Waals surface area contributed by atoms with E-state index >= 15 is 0 Å². The molecule has 0 saturated heterocycles. The summed E-state index contributed by atoms with van der Waals surface area (Å²) in [7, 11) is 0. The molecule has 0 nitrogen and oxygen atoms in total. The van der Waals surface area contributed by atoms with E-state index in [4.69, 9.17) is 0 Å². The van der Waals surface area contributed by atoms with Crippen LogP contribution in [-0.2, 0) is 20.3 Å². The predicted octanol–water partition coefficient (Wildman–Crippen LogP) is 8.53. The number of allylic oxidation sites excluding steroid dienone is 6. The van der Waals surface area contributed by atoms with E-state index in [0.29, 0.717) is 0 Å². The molecule has 27 heavy (non-hydrogen) atoms. The zero-order valence-electron chi connectivity index (χ0n) is 17.3. The minimum atomic E-state index is -2.64. The first-order valence-corrected chi connectivity index (χ1v) is 17.2. The third-order valence-corrected chi connectivity index (χ3v) is 20.8. The van der Waals surface area contributed by atoms with Gasteiger partial charge in [0.25, 0.3) is 0 Å². The number of hydrogen-bond donors (Lipinski definition) is 0. The first-order valence-electron chi connectivity index (χ1n) is 11.0. The van der Waals surface area contributed by atoms with Gasteiger partial charge in [0.05, 0.1) is 0 Å². The van der Waals surface area contributed by atoms with Crippen molar-refractivity contribution in [2.75, 3.05) is 0 Å². The van der Waals surface area contributed by atoms with Crippen molar-refractivity contribution < 1.29 is 20.3 Å². The van der Waals surface area contributed by atoms with Crippen LogP contribution in [0.3, 0.4) is 0 Å². The minimum absolute atomic E-state index is 0.727. The van der Waals surface area contributed by atoms with Gasteiger partial charge in [-0.1, -0.05) is 0 Å². The summed E-state index contributed by atoms with van der Waals surface area (Å²) in [4.78, 5) is 0. The van der Waals surface area contributed by atoms with Crippen molar-refractivity contribution in [2.24, 2.45) is 0 Å². The Balaban J connectivity index is 2.09. The topological polar surface area (TPSA) is 0 Å². The van der Waals surface area contributed by atoms with Gasteiger partial charge in [-0.2, -0.15) is 0 Å². The second-order valence-electron chi connectivity index (χ2n) is 8.28. The zero-order chi connectivity index (χ0) is 19.1. The van der Waals surface area contributed by atoms with Crippen LogP contribution in [0.5, 0.6) is 0 Å². The van der Waals surface area contributed by atoms with Gasteiger partial charge in [-0.3, -0.25) is 0 Å². The van der Waals surface area contributed by atoms with Gasteiger partial charge in [0.1, 0.15) is 0 Å². The first kappa shape index (κ1) is 20.8. The molecular weight excluding hydrogens is 404 g/mol. The van der Waals surface area contributed by atoms with Gasteiger partial charge in [-0.05, 0) is 0 Å². The summed E-state index contributed by atoms with van der Waals surface area (Å²) in [5, 5.41) is 0. The molecular formula is C26H36Zr. The first-order chi connectivity index (χ1) is 13.3. The van der Waals surface area contributed by atoms with E-state index < -0.39 is 20.3 Å². The number of unbranched alkanes of at least 4 members (excludes halogenated alkanes) is 2. The van der Waals surface area contributed by atoms with E-state index in [2.05, 4.69) is 75.1 Å². The van der Waals surface area contributed by atoms with Gasteiger partial charge in [-0.15, -0.1) is 0 Å². The monoisotopic (exact) mass is 438 g/mol. The SMILES string of the molecule is C=CCCC1=[C]([Zr]([CH2]CCC)([CH2]CCC)[CH]2C=Cc3ccccc32)C=CC1. The molecule has 1 heteroatoms.